The first-order valence-electron chi connectivity index (χ1n) is 6.32. The van der Waals surface area contributed by atoms with Crippen LogP contribution in [0.15, 0.2) is 16.7 Å². The van der Waals surface area contributed by atoms with E-state index in [1.807, 2.05) is 19.9 Å². The highest BCUT2D eigenvalue weighted by Crippen LogP contribution is 2.39. The van der Waals surface area contributed by atoms with Gasteiger partial charge in [-0.05, 0) is 48.7 Å². The maximum atomic E-state index is 6.26. The van der Waals surface area contributed by atoms with Gasteiger partial charge in [-0.1, -0.05) is 0 Å². The van der Waals surface area contributed by atoms with Gasteiger partial charge in [0.25, 0.3) is 0 Å². The van der Waals surface area contributed by atoms with Gasteiger partial charge in [0.1, 0.15) is 0 Å². The molecule has 1 unspecified atom stereocenters. The summed E-state index contributed by atoms with van der Waals surface area (Å²) in [5.74, 6) is -0.853. The summed E-state index contributed by atoms with van der Waals surface area (Å²) < 4.78 is 12.7. The number of halogens is 1. The van der Waals surface area contributed by atoms with Gasteiger partial charge in [-0.3, -0.25) is 4.98 Å². The molecule has 0 saturated carbocycles. The SMILES string of the molecule is CCOC1(OCC)c2cc(Br)cnc2CCC1N. The Morgan fingerprint density at radius 1 is 1.44 bits per heavy atom. The molecular weight excluding hydrogens is 296 g/mol. The monoisotopic (exact) mass is 314 g/mol. The molecule has 4 nitrogen and oxygen atoms in total. The lowest BCUT2D eigenvalue weighted by molar-refractivity contribution is -0.259. The predicted octanol–water partition coefficient (Wildman–Crippen LogP) is 2.34. The molecule has 1 aliphatic rings. The van der Waals surface area contributed by atoms with Gasteiger partial charge in [0.2, 0.25) is 5.79 Å². The number of fused-ring (bicyclic) bond motifs is 1. The molecule has 100 valence electrons. The third-order valence-corrected chi connectivity index (χ3v) is 3.64. The van der Waals surface area contributed by atoms with Crippen molar-refractivity contribution in [1.29, 1.82) is 0 Å². The van der Waals surface area contributed by atoms with E-state index >= 15 is 0 Å². The van der Waals surface area contributed by atoms with E-state index < -0.39 is 5.79 Å². The second kappa shape index (κ2) is 5.65. The van der Waals surface area contributed by atoms with Crippen LogP contribution in [0.25, 0.3) is 0 Å². The van der Waals surface area contributed by atoms with Crippen molar-refractivity contribution in [1.82, 2.24) is 4.98 Å². The zero-order chi connectivity index (χ0) is 13.2. The first-order chi connectivity index (χ1) is 8.64. The van der Waals surface area contributed by atoms with Crippen LogP contribution < -0.4 is 5.73 Å². The van der Waals surface area contributed by atoms with Crippen LogP contribution in [-0.2, 0) is 21.7 Å². The molecule has 2 rings (SSSR count). The quantitative estimate of drug-likeness (QED) is 0.867. The Kier molecular flexibility index (Phi) is 4.37. The predicted molar refractivity (Wildman–Crippen MR) is 73.2 cm³/mol. The van der Waals surface area contributed by atoms with Gasteiger partial charge < -0.3 is 15.2 Å². The van der Waals surface area contributed by atoms with E-state index in [4.69, 9.17) is 15.2 Å². The van der Waals surface area contributed by atoms with Crippen molar-refractivity contribution in [3.63, 3.8) is 0 Å². The maximum Gasteiger partial charge on any atom is 0.212 e. The average molecular weight is 315 g/mol. The summed E-state index contributed by atoms with van der Waals surface area (Å²) in [6.07, 6.45) is 3.49. The van der Waals surface area contributed by atoms with Gasteiger partial charge in [-0.2, -0.15) is 0 Å². The Morgan fingerprint density at radius 3 is 2.72 bits per heavy atom. The minimum Gasteiger partial charge on any atom is -0.345 e. The molecule has 2 N–H and O–H groups in total. The molecule has 1 atom stereocenters. The Hall–Kier alpha value is -0.490. The summed E-state index contributed by atoms with van der Waals surface area (Å²) in [4.78, 5) is 4.45. The molecule has 1 heterocycles. The van der Waals surface area contributed by atoms with E-state index in [1.54, 1.807) is 6.20 Å². The van der Waals surface area contributed by atoms with Crippen molar-refractivity contribution in [3.05, 3.63) is 28.0 Å². The average Bonchev–Trinajstić information content (AvgIpc) is 2.35. The smallest absolute Gasteiger partial charge is 0.212 e. The molecule has 18 heavy (non-hydrogen) atoms. The van der Waals surface area contributed by atoms with Gasteiger partial charge >= 0.3 is 0 Å². The number of aryl methyl sites for hydroxylation is 1. The highest BCUT2D eigenvalue weighted by Gasteiger charge is 2.45. The lowest BCUT2D eigenvalue weighted by Crippen LogP contribution is -2.53. The fourth-order valence-corrected chi connectivity index (χ4v) is 2.82. The summed E-state index contributed by atoms with van der Waals surface area (Å²) in [7, 11) is 0. The Morgan fingerprint density at radius 2 is 2.11 bits per heavy atom. The van der Waals surface area contributed by atoms with E-state index in [-0.39, 0.29) is 6.04 Å². The standard InChI is InChI=1S/C13H19BrN2O2/c1-3-17-13(18-4-2)10-7-9(14)8-16-11(10)5-6-12(13)15/h7-8,12H,3-6,15H2,1-2H3. The number of nitrogens with zero attached hydrogens (tertiary/aromatic N) is 1. The van der Waals surface area contributed by atoms with Gasteiger partial charge in [0, 0.05) is 35.1 Å². The van der Waals surface area contributed by atoms with Crippen LogP contribution in [0.2, 0.25) is 0 Å². The van der Waals surface area contributed by atoms with Crippen molar-refractivity contribution in [2.75, 3.05) is 13.2 Å². The molecule has 0 amide bonds. The van der Waals surface area contributed by atoms with Crippen molar-refractivity contribution < 1.29 is 9.47 Å². The Labute approximate surface area is 116 Å². The number of hydrogen-bond acceptors (Lipinski definition) is 4. The van der Waals surface area contributed by atoms with Gasteiger partial charge in [-0.15, -0.1) is 0 Å². The number of rotatable bonds is 4. The molecule has 0 spiro atoms. The van der Waals surface area contributed by atoms with Crippen LogP contribution in [0.5, 0.6) is 0 Å². The molecule has 1 aromatic heterocycles. The Bertz CT molecular complexity index is 419. The van der Waals surface area contributed by atoms with Crippen molar-refractivity contribution in [2.45, 2.75) is 38.5 Å². The fraction of sp³-hybridized carbons (Fsp3) is 0.615. The largest absolute Gasteiger partial charge is 0.345 e. The summed E-state index contributed by atoms with van der Waals surface area (Å²) in [6.45, 7) is 5.01. The van der Waals surface area contributed by atoms with Crippen molar-refractivity contribution in [3.8, 4) is 0 Å². The summed E-state index contributed by atoms with van der Waals surface area (Å²) in [5.41, 5.74) is 8.23. The Balaban J connectivity index is 2.52. The van der Waals surface area contributed by atoms with Crippen LogP contribution in [0, 0.1) is 0 Å². The van der Waals surface area contributed by atoms with E-state index in [1.165, 1.54) is 0 Å². The van der Waals surface area contributed by atoms with Crippen LogP contribution >= 0.6 is 15.9 Å². The number of ether oxygens (including phenoxy) is 2. The van der Waals surface area contributed by atoms with Gasteiger partial charge in [0.15, 0.2) is 0 Å². The molecule has 0 fully saturated rings. The van der Waals surface area contributed by atoms with E-state index in [9.17, 15) is 0 Å². The van der Waals surface area contributed by atoms with Gasteiger partial charge in [-0.25, -0.2) is 0 Å². The molecule has 1 aromatic rings. The minimum absolute atomic E-state index is 0.166. The highest BCUT2D eigenvalue weighted by atomic mass is 79.9. The number of pyridine rings is 1. The lowest BCUT2D eigenvalue weighted by atomic mass is 9.86. The third kappa shape index (κ3) is 2.32. The normalized spacial score (nSPS) is 21.7. The maximum absolute atomic E-state index is 6.26. The molecule has 0 saturated heterocycles. The third-order valence-electron chi connectivity index (χ3n) is 3.21. The lowest BCUT2D eigenvalue weighted by Gasteiger charge is -2.42. The topological polar surface area (TPSA) is 57.4 Å². The van der Waals surface area contributed by atoms with Crippen LogP contribution in [0.1, 0.15) is 31.5 Å². The van der Waals surface area contributed by atoms with Crippen molar-refractivity contribution in [2.24, 2.45) is 5.73 Å². The molecule has 0 bridgehead atoms. The molecule has 5 heteroatoms. The second-order valence-electron chi connectivity index (χ2n) is 4.33. The van der Waals surface area contributed by atoms with Gasteiger partial charge in [0.05, 0.1) is 6.04 Å². The molecule has 0 aliphatic heterocycles. The second-order valence-corrected chi connectivity index (χ2v) is 5.24. The molecule has 1 aliphatic carbocycles. The number of hydrogen-bond donors (Lipinski definition) is 1. The summed E-state index contributed by atoms with van der Waals surface area (Å²) >= 11 is 3.45. The summed E-state index contributed by atoms with van der Waals surface area (Å²) in [5, 5.41) is 0. The van der Waals surface area contributed by atoms with Crippen LogP contribution in [0.3, 0.4) is 0 Å². The van der Waals surface area contributed by atoms with E-state index in [2.05, 4.69) is 20.9 Å². The first-order valence-corrected chi connectivity index (χ1v) is 7.11. The fourth-order valence-electron chi connectivity index (χ4n) is 2.49. The van der Waals surface area contributed by atoms with Crippen LogP contribution in [-0.4, -0.2) is 24.2 Å². The van der Waals surface area contributed by atoms with Crippen molar-refractivity contribution >= 4 is 15.9 Å². The number of nitrogens with two attached hydrogens (primary N) is 1. The zero-order valence-corrected chi connectivity index (χ0v) is 12.4. The molecule has 0 radical (unpaired) electrons. The first kappa shape index (κ1) is 13.9. The minimum atomic E-state index is -0.853. The highest BCUT2D eigenvalue weighted by molar-refractivity contribution is 9.10. The van der Waals surface area contributed by atoms with E-state index in [0.29, 0.717) is 13.2 Å². The molecular formula is C13H19BrN2O2. The zero-order valence-electron chi connectivity index (χ0n) is 10.8. The number of aromatic nitrogens is 1. The van der Waals surface area contributed by atoms with Crippen LogP contribution in [0.4, 0.5) is 0 Å². The van der Waals surface area contributed by atoms with E-state index in [0.717, 1.165) is 28.6 Å². The molecule has 0 aromatic carbocycles. The summed E-state index contributed by atoms with van der Waals surface area (Å²) in [6, 6.07) is 1.84.